The van der Waals surface area contributed by atoms with Crippen molar-refractivity contribution >= 4 is 23.5 Å². The average Bonchev–Trinajstić information content (AvgIpc) is 2.44. The summed E-state index contributed by atoms with van der Waals surface area (Å²) in [5.74, 6) is -1.89. The van der Waals surface area contributed by atoms with Crippen LogP contribution in [0.3, 0.4) is 0 Å². The molecule has 0 saturated carbocycles. The minimum Gasteiger partial charge on any atom is -0.480 e. The standard InChI is InChI=1S/C16H20N2O4/c1-10(2)8-11(3)15(21)18-13-6-4-12(5-7-13)16(22)17-9-14(19)20/h4-7,11H,1,8-9H2,2-3H3,(H,17,22)(H,18,21)(H,19,20). The number of allylic oxidation sites excluding steroid dienone is 1. The lowest BCUT2D eigenvalue weighted by atomic mass is 10.0. The molecular weight excluding hydrogens is 284 g/mol. The maximum Gasteiger partial charge on any atom is 0.322 e. The maximum absolute atomic E-state index is 11.9. The van der Waals surface area contributed by atoms with Crippen LogP contribution in [0.4, 0.5) is 5.69 Å². The van der Waals surface area contributed by atoms with Crippen LogP contribution in [0.25, 0.3) is 0 Å². The van der Waals surface area contributed by atoms with Crippen molar-refractivity contribution < 1.29 is 19.5 Å². The van der Waals surface area contributed by atoms with E-state index in [1.54, 1.807) is 12.1 Å². The number of carboxylic acids is 1. The number of anilines is 1. The van der Waals surface area contributed by atoms with Crippen molar-refractivity contribution in [2.24, 2.45) is 5.92 Å². The Morgan fingerprint density at radius 1 is 1.23 bits per heavy atom. The van der Waals surface area contributed by atoms with E-state index < -0.39 is 18.4 Å². The highest BCUT2D eigenvalue weighted by Crippen LogP contribution is 2.14. The maximum atomic E-state index is 11.9. The molecule has 2 amide bonds. The Bertz CT molecular complexity index is 578. The minimum atomic E-state index is -1.11. The number of hydrogen-bond acceptors (Lipinski definition) is 3. The lowest BCUT2D eigenvalue weighted by molar-refractivity contribution is -0.135. The van der Waals surface area contributed by atoms with Gasteiger partial charge in [0.05, 0.1) is 0 Å². The van der Waals surface area contributed by atoms with Crippen LogP contribution in [-0.4, -0.2) is 29.4 Å². The first kappa shape index (κ1) is 17.4. The first-order valence-corrected chi connectivity index (χ1v) is 6.85. The van der Waals surface area contributed by atoms with Gasteiger partial charge in [0.25, 0.3) is 5.91 Å². The largest absolute Gasteiger partial charge is 0.480 e. The van der Waals surface area contributed by atoms with Crippen LogP contribution in [0.1, 0.15) is 30.6 Å². The summed E-state index contributed by atoms with van der Waals surface area (Å²) in [4.78, 5) is 34.0. The summed E-state index contributed by atoms with van der Waals surface area (Å²) in [6.45, 7) is 7.03. The van der Waals surface area contributed by atoms with Gasteiger partial charge in [-0.1, -0.05) is 12.5 Å². The number of carboxylic acid groups (broad SMARTS) is 1. The van der Waals surface area contributed by atoms with Gasteiger partial charge in [0.2, 0.25) is 5.91 Å². The second-order valence-electron chi connectivity index (χ2n) is 5.21. The summed E-state index contributed by atoms with van der Waals surface area (Å²) >= 11 is 0. The van der Waals surface area contributed by atoms with E-state index in [-0.39, 0.29) is 11.8 Å². The Labute approximate surface area is 129 Å². The van der Waals surface area contributed by atoms with Crippen LogP contribution in [0.5, 0.6) is 0 Å². The van der Waals surface area contributed by atoms with Gasteiger partial charge in [0.1, 0.15) is 6.54 Å². The quantitative estimate of drug-likeness (QED) is 0.672. The number of aliphatic carboxylic acids is 1. The molecule has 0 aromatic heterocycles. The fraction of sp³-hybridized carbons (Fsp3) is 0.312. The molecule has 0 aliphatic carbocycles. The number of nitrogens with one attached hydrogen (secondary N) is 2. The van der Waals surface area contributed by atoms with Crippen molar-refractivity contribution in [1.29, 1.82) is 0 Å². The first-order chi connectivity index (χ1) is 10.3. The molecule has 6 nitrogen and oxygen atoms in total. The zero-order valence-corrected chi connectivity index (χ0v) is 12.7. The molecule has 0 fully saturated rings. The Hall–Kier alpha value is -2.63. The molecule has 0 spiro atoms. The van der Waals surface area contributed by atoms with E-state index in [9.17, 15) is 14.4 Å². The van der Waals surface area contributed by atoms with Gasteiger partial charge in [-0.15, -0.1) is 6.58 Å². The van der Waals surface area contributed by atoms with Crippen LogP contribution in [0.15, 0.2) is 36.4 Å². The molecule has 0 radical (unpaired) electrons. The monoisotopic (exact) mass is 304 g/mol. The molecule has 0 bridgehead atoms. The molecule has 6 heteroatoms. The second-order valence-corrected chi connectivity index (χ2v) is 5.21. The highest BCUT2D eigenvalue weighted by molar-refractivity contribution is 5.97. The van der Waals surface area contributed by atoms with Crippen molar-refractivity contribution in [3.05, 3.63) is 42.0 Å². The lowest BCUT2D eigenvalue weighted by Crippen LogP contribution is -2.29. The van der Waals surface area contributed by atoms with E-state index in [1.165, 1.54) is 12.1 Å². The number of carbonyl (C=O) groups is 3. The van der Waals surface area contributed by atoms with Gasteiger partial charge in [-0.25, -0.2) is 0 Å². The third-order valence-electron chi connectivity index (χ3n) is 2.92. The van der Waals surface area contributed by atoms with Gasteiger partial charge >= 0.3 is 5.97 Å². The van der Waals surface area contributed by atoms with Crippen molar-refractivity contribution in [2.75, 3.05) is 11.9 Å². The molecule has 0 aliphatic heterocycles. The Morgan fingerprint density at radius 3 is 2.32 bits per heavy atom. The number of amides is 2. The molecule has 1 atom stereocenters. The summed E-state index contributed by atoms with van der Waals surface area (Å²) in [6, 6.07) is 6.24. The molecular formula is C16H20N2O4. The topological polar surface area (TPSA) is 95.5 Å². The number of hydrogen-bond donors (Lipinski definition) is 3. The summed E-state index contributed by atoms with van der Waals surface area (Å²) < 4.78 is 0. The Kier molecular flexibility index (Phi) is 6.31. The zero-order valence-electron chi connectivity index (χ0n) is 12.7. The Balaban J connectivity index is 2.61. The van der Waals surface area contributed by atoms with E-state index in [4.69, 9.17) is 5.11 Å². The van der Waals surface area contributed by atoms with E-state index in [2.05, 4.69) is 17.2 Å². The van der Waals surface area contributed by atoms with Crippen molar-refractivity contribution in [2.45, 2.75) is 20.3 Å². The predicted octanol–water partition coefficient (Wildman–Crippen LogP) is 2.04. The van der Waals surface area contributed by atoms with Crippen LogP contribution in [0.2, 0.25) is 0 Å². The summed E-state index contributed by atoms with van der Waals surface area (Å²) in [7, 11) is 0. The van der Waals surface area contributed by atoms with Crippen LogP contribution < -0.4 is 10.6 Å². The molecule has 0 aliphatic rings. The van der Waals surface area contributed by atoms with E-state index in [0.29, 0.717) is 17.7 Å². The SMILES string of the molecule is C=C(C)CC(C)C(=O)Nc1ccc(C(=O)NCC(=O)O)cc1. The predicted molar refractivity (Wildman–Crippen MR) is 83.6 cm³/mol. The third-order valence-corrected chi connectivity index (χ3v) is 2.92. The minimum absolute atomic E-state index is 0.119. The van der Waals surface area contributed by atoms with Crippen LogP contribution >= 0.6 is 0 Å². The molecule has 1 aromatic rings. The summed E-state index contributed by atoms with van der Waals surface area (Å²) in [6.07, 6.45) is 0.613. The van der Waals surface area contributed by atoms with Gasteiger partial charge in [0, 0.05) is 17.2 Å². The van der Waals surface area contributed by atoms with Gasteiger partial charge in [-0.05, 0) is 37.6 Å². The molecule has 0 heterocycles. The Morgan fingerprint density at radius 2 is 1.82 bits per heavy atom. The summed E-state index contributed by atoms with van der Waals surface area (Å²) in [5.41, 5.74) is 1.84. The molecule has 1 rings (SSSR count). The molecule has 22 heavy (non-hydrogen) atoms. The van der Waals surface area contributed by atoms with E-state index in [1.807, 2.05) is 13.8 Å². The zero-order chi connectivity index (χ0) is 16.7. The molecule has 118 valence electrons. The van der Waals surface area contributed by atoms with Gasteiger partial charge < -0.3 is 15.7 Å². The molecule has 1 unspecified atom stereocenters. The first-order valence-electron chi connectivity index (χ1n) is 6.85. The smallest absolute Gasteiger partial charge is 0.322 e. The molecule has 0 saturated heterocycles. The van der Waals surface area contributed by atoms with Crippen molar-refractivity contribution in [3.63, 3.8) is 0 Å². The average molecular weight is 304 g/mol. The van der Waals surface area contributed by atoms with Crippen LogP contribution in [-0.2, 0) is 9.59 Å². The molecule has 1 aromatic carbocycles. The van der Waals surface area contributed by atoms with Gasteiger partial charge in [0.15, 0.2) is 0 Å². The lowest BCUT2D eigenvalue weighted by Gasteiger charge is -2.12. The van der Waals surface area contributed by atoms with Gasteiger partial charge in [-0.2, -0.15) is 0 Å². The summed E-state index contributed by atoms with van der Waals surface area (Å²) in [5, 5.41) is 13.5. The van der Waals surface area contributed by atoms with E-state index >= 15 is 0 Å². The highest BCUT2D eigenvalue weighted by atomic mass is 16.4. The van der Waals surface area contributed by atoms with Crippen molar-refractivity contribution in [1.82, 2.24) is 5.32 Å². The normalized spacial score (nSPS) is 11.4. The van der Waals surface area contributed by atoms with Crippen molar-refractivity contribution in [3.8, 4) is 0 Å². The van der Waals surface area contributed by atoms with Crippen LogP contribution in [0, 0.1) is 5.92 Å². The number of benzene rings is 1. The highest BCUT2D eigenvalue weighted by Gasteiger charge is 2.13. The van der Waals surface area contributed by atoms with Gasteiger partial charge in [-0.3, -0.25) is 14.4 Å². The number of carbonyl (C=O) groups excluding carboxylic acids is 2. The van der Waals surface area contributed by atoms with E-state index in [0.717, 1.165) is 5.57 Å². The second kappa shape index (κ2) is 7.97. The molecule has 3 N–H and O–H groups in total. The third kappa shape index (κ3) is 5.78. The fourth-order valence-corrected chi connectivity index (χ4v) is 1.84. The fourth-order valence-electron chi connectivity index (χ4n) is 1.84. The number of rotatable bonds is 7.